The highest BCUT2D eigenvalue weighted by Crippen LogP contribution is 2.42. The summed E-state index contributed by atoms with van der Waals surface area (Å²) in [7, 11) is -3.69. The predicted molar refractivity (Wildman–Crippen MR) is 101 cm³/mol. The van der Waals surface area contributed by atoms with Crippen molar-refractivity contribution in [1.82, 2.24) is 0 Å². The molecule has 2 aromatic carbocycles. The molecule has 0 bridgehead atoms. The summed E-state index contributed by atoms with van der Waals surface area (Å²) in [6, 6.07) is 7.36. The summed E-state index contributed by atoms with van der Waals surface area (Å²) in [4.78, 5) is 0. The minimum atomic E-state index is -4.60. The number of hydrogen-bond acceptors (Lipinski definition) is 4. The molecule has 1 saturated carbocycles. The lowest BCUT2D eigenvalue weighted by molar-refractivity contribution is -0.138. The van der Waals surface area contributed by atoms with Gasteiger partial charge in [0.25, 0.3) is 10.1 Å². The molecular weight excluding hydrogens is 393 g/mol. The summed E-state index contributed by atoms with van der Waals surface area (Å²) < 4.78 is 74.5. The maximum absolute atomic E-state index is 13.9. The van der Waals surface area contributed by atoms with Gasteiger partial charge in [-0.15, -0.1) is 0 Å². The van der Waals surface area contributed by atoms with Gasteiger partial charge < -0.3 is 4.74 Å². The molecule has 0 spiro atoms. The number of hydrogen-bond donors (Lipinski definition) is 0. The van der Waals surface area contributed by atoms with Gasteiger partial charge in [0.1, 0.15) is 11.3 Å². The molecule has 1 aliphatic rings. The first-order valence-electron chi connectivity index (χ1n) is 9.17. The molecule has 154 valence electrons. The van der Waals surface area contributed by atoms with Crippen molar-refractivity contribution in [1.29, 1.82) is 0 Å². The molecule has 0 saturated heterocycles. The fourth-order valence-corrected chi connectivity index (χ4v) is 3.88. The van der Waals surface area contributed by atoms with Crippen LogP contribution in [0.1, 0.15) is 43.7 Å². The monoisotopic (exact) mass is 416 g/mol. The van der Waals surface area contributed by atoms with Gasteiger partial charge in [0, 0.05) is 0 Å². The number of alkyl halides is 3. The first kappa shape index (κ1) is 20.9. The molecule has 0 aliphatic heterocycles. The van der Waals surface area contributed by atoms with E-state index in [9.17, 15) is 21.6 Å². The Morgan fingerprint density at radius 3 is 2.32 bits per heavy atom. The van der Waals surface area contributed by atoms with E-state index in [1.807, 2.05) is 0 Å². The smallest absolute Gasteiger partial charge is 0.420 e. The van der Waals surface area contributed by atoms with E-state index in [1.165, 1.54) is 18.2 Å². The summed E-state index contributed by atoms with van der Waals surface area (Å²) in [5.74, 6) is 0.386. The van der Waals surface area contributed by atoms with Crippen molar-refractivity contribution in [2.24, 2.45) is 5.92 Å². The molecule has 8 heteroatoms. The van der Waals surface area contributed by atoms with Gasteiger partial charge in [-0.3, -0.25) is 4.18 Å². The summed E-state index contributed by atoms with van der Waals surface area (Å²) in [5, 5.41) is 0.379. The zero-order chi connectivity index (χ0) is 20.5. The molecule has 4 nitrogen and oxygen atoms in total. The molecule has 0 unspecified atom stereocenters. The Labute approximate surface area is 162 Å². The van der Waals surface area contributed by atoms with E-state index >= 15 is 0 Å². The maximum Gasteiger partial charge on any atom is 0.420 e. The van der Waals surface area contributed by atoms with Crippen LogP contribution in [-0.4, -0.2) is 20.8 Å². The first-order valence-corrected chi connectivity index (χ1v) is 11.0. The van der Waals surface area contributed by atoms with Crippen molar-refractivity contribution < 1.29 is 30.5 Å². The van der Waals surface area contributed by atoms with Crippen molar-refractivity contribution >= 4 is 20.9 Å². The molecule has 0 aromatic heterocycles. The third-order valence-electron chi connectivity index (χ3n) is 5.03. The van der Waals surface area contributed by atoms with E-state index < -0.39 is 21.9 Å². The van der Waals surface area contributed by atoms with E-state index in [1.54, 1.807) is 12.1 Å². The number of ether oxygens (including phenoxy) is 1. The van der Waals surface area contributed by atoms with E-state index in [0.29, 0.717) is 16.9 Å². The van der Waals surface area contributed by atoms with Gasteiger partial charge >= 0.3 is 6.18 Å². The van der Waals surface area contributed by atoms with Crippen LogP contribution in [0.3, 0.4) is 0 Å². The highest BCUT2D eigenvalue weighted by atomic mass is 32.2. The third-order valence-corrected chi connectivity index (χ3v) is 5.57. The molecule has 2 aromatic rings. The second kappa shape index (κ2) is 7.91. The van der Waals surface area contributed by atoms with E-state index in [0.717, 1.165) is 31.9 Å². The molecule has 3 rings (SSSR count). The molecule has 0 amide bonds. The lowest BCUT2D eigenvalue weighted by Gasteiger charge is -2.28. The van der Waals surface area contributed by atoms with Gasteiger partial charge in [-0.1, -0.05) is 25.1 Å². The Morgan fingerprint density at radius 1 is 1.07 bits per heavy atom. The van der Waals surface area contributed by atoms with E-state index in [4.69, 9.17) is 8.92 Å². The van der Waals surface area contributed by atoms with Crippen LogP contribution in [-0.2, 0) is 27.1 Å². The maximum atomic E-state index is 13.9. The highest BCUT2D eigenvalue weighted by Gasteiger charge is 2.37. The summed E-state index contributed by atoms with van der Waals surface area (Å²) in [6.07, 6.45) is -0.595. The van der Waals surface area contributed by atoms with Crippen LogP contribution in [0.5, 0.6) is 5.75 Å². The van der Waals surface area contributed by atoms with Crippen LogP contribution >= 0.6 is 0 Å². The molecule has 0 N–H and O–H groups in total. The molecule has 0 heterocycles. The summed E-state index contributed by atoms with van der Waals surface area (Å²) in [6.45, 7) is 1.81. The van der Waals surface area contributed by atoms with E-state index in [2.05, 4.69) is 6.92 Å². The molecule has 0 atom stereocenters. The molecule has 0 radical (unpaired) electrons. The molecule has 1 aliphatic carbocycles. The Morgan fingerprint density at radius 2 is 1.71 bits per heavy atom. The highest BCUT2D eigenvalue weighted by molar-refractivity contribution is 7.85. The van der Waals surface area contributed by atoms with Crippen molar-refractivity contribution in [3.63, 3.8) is 0 Å². The summed E-state index contributed by atoms with van der Waals surface area (Å²) in [5.41, 5.74) is -0.489. The molecule has 1 fully saturated rings. The SMILES string of the molecule is CC1CCC(Oc2ccc3ccc(COS(C)(=O)=O)cc3c2C(F)(F)F)CC1. The molecular formula is C20H23F3O4S. The number of rotatable bonds is 5. The Hall–Kier alpha value is -1.80. The fraction of sp³-hybridized carbons (Fsp3) is 0.500. The number of fused-ring (bicyclic) bond motifs is 1. The van der Waals surface area contributed by atoms with Gasteiger partial charge in [-0.2, -0.15) is 21.6 Å². The second-order valence-corrected chi connectivity index (χ2v) is 9.10. The van der Waals surface area contributed by atoms with Crippen molar-refractivity contribution in [3.8, 4) is 5.75 Å². The minimum Gasteiger partial charge on any atom is -0.490 e. The Kier molecular flexibility index (Phi) is 5.91. The largest absolute Gasteiger partial charge is 0.490 e. The standard InChI is InChI=1S/C20H23F3O4S/c1-13-3-8-16(9-4-13)27-18-10-7-15-6-5-14(12-26-28(2,24)25)11-17(15)19(18)20(21,22)23/h5-7,10-11,13,16H,3-4,8-9,12H2,1-2H3. The van der Waals surface area contributed by atoms with Crippen LogP contribution in [0, 0.1) is 5.92 Å². The van der Waals surface area contributed by atoms with Gasteiger partial charge in [0.15, 0.2) is 0 Å². The normalized spacial score (nSPS) is 21.0. The minimum absolute atomic E-state index is 0.0243. The Bertz CT molecular complexity index is 946. The zero-order valence-corrected chi connectivity index (χ0v) is 16.6. The van der Waals surface area contributed by atoms with E-state index in [-0.39, 0.29) is 23.8 Å². The van der Waals surface area contributed by atoms with Crippen LogP contribution in [0.4, 0.5) is 13.2 Å². The third kappa shape index (κ3) is 5.17. The average Bonchev–Trinajstić information content (AvgIpc) is 2.59. The summed E-state index contributed by atoms with van der Waals surface area (Å²) >= 11 is 0. The average molecular weight is 416 g/mol. The zero-order valence-electron chi connectivity index (χ0n) is 15.8. The lowest BCUT2D eigenvalue weighted by atomic mass is 9.89. The number of benzene rings is 2. The van der Waals surface area contributed by atoms with Crippen molar-refractivity contribution in [2.45, 2.75) is 51.5 Å². The van der Waals surface area contributed by atoms with Crippen molar-refractivity contribution in [3.05, 3.63) is 41.5 Å². The topological polar surface area (TPSA) is 52.6 Å². The van der Waals surface area contributed by atoms with Gasteiger partial charge in [0.05, 0.1) is 19.0 Å². The van der Waals surface area contributed by atoms with Gasteiger partial charge in [-0.05, 0) is 60.1 Å². The fourth-order valence-electron chi connectivity index (χ4n) is 3.53. The van der Waals surface area contributed by atoms with Crippen LogP contribution in [0.25, 0.3) is 10.8 Å². The second-order valence-electron chi connectivity index (χ2n) is 7.46. The quantitative estimate of drug-likeness (QED) is 0.622. The first-order chi connectivity index (χ1) is 13.0. The van der Waals surface area contributed by atoms with Crippen molar-refractivity contribution in [2.75, 3.05) is 6.26 Å². The van der Waals surface area contributed by atoms with Crippen LogP contribution < -0.4 is 4.74 Å². The molecule has 28 heavy (non-hydrogen) atoms. The van der Waals surface area contributed by atoms with Gasteiger partial charge in [0.2, 0.25) is 0 Å². The number of halogens is 3. The Balaban J connectivity index is 1.99. The van der Waals surface area contributed by atoms with Gasteiger partial charge in [-0.25, -0.2) is 0 Å². The predicted octanol–water partition coefficient (Wildman–Crippen LogP) is 5.29. The van der Waals surface area contributed by atoms with Crippen LogP contribution in [0.15, 0.2) is 30.3 Å². The van der Waals surface area contributed by atoms with Crippen LogP contribution in [0.2, 0.25) is 0 Å². The lowest BCUT2D eigenvalue weighted by Crippen LogP contribution is -2.24.